The van der Waals surface area contributed by atoms with Crippen molar-refractivity contribution < 1.29 is 13.2 Å². The third-order valence-corrected chi connectivity index (χ3v) is 6.64. The van der Waals surface area contributed by atoms with Crippen LogP contribution in [0.25, 0.3) is 0 Å². The average molecular weight is 231 g/mol. The average Bonchev–Trinajstić information content (AvgIpc) is 2.59. The van der Waals surface area contributed by atoms with Gasteiger partial charge >= 0.3 is 0 Å². The first kappa shape index (κ1) is 10.1. The molecule has 2 heterocycles. The van der Waals surface area contributed by atoms with Crippen molar-refractivity contribution in [1.82, 2.24) is 4.90 Å². The third-order valence-electron chi connectivity index (χ3n) is 4.20. The van der Waals surface area contributed by atoms with Gasteiger partial charge in [0, 0.05) is 13.1 Å². The molecule has 86 valence electrons. The summed E-state index contributed by atoms with van der Waals surface area (Å²) in [6, 6.07) is 0. The second-order valence-electron chi connectivity index (χ2n) is 4.89. The molecular weight excluding hydrogens is 214 g/mol. The van der Waals surface area contributed by atoms with Crippen LogP contribution in [0.2, 0.25) is 0 Å². The summed E-state index contributed by atoms with van der Waals surface area (Å²) in [7, 11) is -2.75. The largest absolute Gasteiger partial charge is 0.379 e. The van der Waals surface area contributed by atoms with E-state index in [0.717, 1.165) is 45.6 Å². The third kappa shape index (κ3) is 1.29. The molecule has 2 atom stereocenters. The van der Waals surface area contributed by atoms with Crippen LogP contribution in [0.3, 0.4) is 0 Å². The molecule has 1 saturated carbocycles. The van der Waals surface area contributed by atoms with Gasteiger partial charge in [-0.15, -0.1) is 0 Å². The van der Waals surface area contributed by atoms with Crippen molar-refractivity contribution in [2.45, 2.75) is 30.1 Å². The first-order valence-electron chi connectivity index (χ1n) is 5.70. The zero-order valence-electron chi connectivity index (χ0n) is 8.81. The number of hydrogen-bond donors (Lipinski definition) is 0. The van der Waals surface area contributed by atoms with Crippen molar-refractivity contribution in [1.29, 1.82) is 0 Å². The molecule has 0 amide bonds. The fourth-order valence-corrected chi connectivity index (χ4v) is 6.19. The van der Waals surface area contributed by atoms with Gasteiger partial charge in [-0.1, -0.05) is 6.42 Å². The lowest BCUT2D eigenvalue weighted by molar-refractivity contribution is -0.0175. The van der Waals surface area contributed by atoms with Crippen LogP contribution in [0, 0.1) is 0 Å². The molecule has 0 aromatic heterocycles. The van der Waals surface area contributed by atoms with E-state index in [0.29, 0.717) is 5.75 Å². The molecule has 2 aliphatic heterocycles. The highest BCUT2D eigenvalue weighted by atomic mass is 32.2. The van der Waals surface area contributed by atoms with E-state index >= 15 is 0 Å². The summed E-state index contributed by atoms with van der Waals surface area (Å²) in [6.45, 7) is 3.33. The van der Waals surface area contributed by atoms with E-state index in [1.807, 2.05) is 0 Å². The summed E-state index contributed by atoms with van der Waals surface area (Å²) in [4.78, 5) is 2.37. The summed E-state index contributed by atoms with van der Waals surface area (Å²) in [5, 5.41) is -0.0666. The Morgan fingerprint density at radius 3 is 2.67 bits per heavy atom. The molecule has 4 nitrogen and oxygen atoms in total. The monoisotopic (exact) mass is 231 g/mol. The number of rotatable bonds is 1. The van der Waals surface area contributed by atoms with Crippen molar-refractivity contribution in [2.24, 2.45) is 0 Å². The van der Waals surface area contributed by atoms with Crippen LogP contribution < -0.4 is 0 Å². The van der Waals surface area contributed by atoms with Crippen LogP contribution >= 0.6 is 0 Å². The maximum atomic E-state index is 11.7. The Morgan fingerprint density at radius 1 is 1.27 bits per heavy atom. The van der Waals surface area contributed by atoms with E-state index < -0.39 is 9.84 Å². The number of fused-ring (bicyclic) bond motifs is 1. The molecule has 3 rings (SSSR count). The minimum absolute atomic E-state index is 0.00259. The quantitative estimate of drug-likeness (QED) is 0.639. The first-order valence-corrected chi connectivity index (χ1v) is 7.41. The summed E-state index contributed by atoms with van der Waals surface area (Å²) in [5.41, 5.74) is 0.00259. The zero-order chi connectivity index (χ0) is 10.5. The number of nitrogens with zero attached hydrogens (tertiary/aromatic N) is 1. The van der Waals surface area contributed by atoms with Gasteiger partial charge in [-0.3, -0.25) is 4.90 Å². The maximum Gasteiger partial charge on any atom is 0.156 e. The standard InChI is InChI=1S/C10H17NO3S/c12-15(13)8-10(3-1-2-9(10)15)11-4-6-14-7-5-11/h9H,1-8H2/t9-,10-/m1/s1. The van der Waals surface area contributed by atoms with Crippen molar-refractivity contribution >= 4 is 9.84 Å². The van der Waals surface area contributed by atoms with E-state index in [1.165, 1.54) is 0 Å². The van der Waals surface area contributed by atoms with Gasteiger partial charge in [0.1, 0.15) is 0 Å². The molecule has 0 N–H and O–H groups in total. The number of sulfone groups is 1. The zero-order valence-corrected chi connectivity index (χ0v) is 9.63. The fourth-order valence-electron chi connectivity index (χ4n) is 3.51. The van der Waals surface area contributed by atoms with Crippen LogP contribution in [-0.2, 0) is 14.6 Å². The van der Waals surface area contributed by atoms with E-state index in [9.17, 15) is 8.42 Å². The van der Waals surface area contributed by atoms with Gasteiger partial charge in [0.25, 0.3) is 0 Å². The molecule has 0 radical (unpaired) electrons. The fraction of sp³-hybridized carbons (Fsp3) is 1.00. The highest BCUT2D eigenvalue weighted by Crippen LogP contribution is 2.49. The molecule has 2 saturated heterocycles. The minimum Gasteiger partial charge on any atom is -0.379 e. The van der Waals surface area contributed by atoms with Crippen LogP contribution in [0.1, 0.15) is 19.3 Å². The van der Waals surface area contributed by atoms with Crippen molar-refractivity contribution in [3.05, 3.63) is 0 Å². The molecule has 0 unspecified atom stereocenters. The van der Waals surface area contributed by atoms with Crippen molar-refractivity contribution in [3.63, 3.8) is 0 Å². The van der Waals surface area contributed by atoms with Crippen LogP contribution in [-0.4, -0.2) is 56.2 Å². The van der Waals surface area contributed by atoms with Gasteiger partial charge in [-0.25, -0.2) is 8.42 Å². The van der Waals surface area contributed by atoms with Gasteiger partial charge in [0.05, 0.1) is 29.8 Å². The van der Waals surface area contributed by atoms with Gasteiger partial charge in [-0.2, -0.15) is 0 Å². The summed E-state index contributed by atoms with van der Waals surface area (Å²) < 4.78 is 28.7. The smallest absolute Gasteiger partial charge is 0.156 e. The van der Waals surface area contributed by atoms with Gasteiger partial charge in [-0.05, 0) is 12.8 Å². The summed E-state index contributed by atoms with van der Waals surface area (Å²) >= 11 is 0. The van der Waals surface area contributed by atoms with Gasteiger partial charge in [0.15, 0.2) is 9.84 Å². The molecule has 3 fully saturated rings. The van der Waals surface area contributed by atoms with Crippen LogP contribution in [0.15, 0.2) is 0 Å². The Hall–Kier alpha value is -0.130. The van der Waals surface area contributed by atoms with Gasteiger partial charge < -0.3 is 4.74 Å². The number of ether oxygens (including phenoxy) is 1. The van der Waals surface area contributed by atoms with E-state index in [4.69, 9.17) is 4.74 Å². The second-order valence-corrected chi connectivity index (χ2v) is 7.07. The maximum absolute atomic E-state index is 11.7. The predicted molar refractivity (Wildman–Crippen MR) is 56.5 cm³/mol. The predicted octanol–water partition coefficient (Wildman–Crippen LogP) is 0.0383. The first-order chi connectivity index (χ1) is 7.15. The molecule has 0 aromatic carbocycles. The molecular formula is C10H17NO3S. The molecule has 0 bridgehead atoms. The lowest BCUT2D eigenvalue weighted by atomic mass is 9.95. The van der Waals surface area contributed by atoms with E-state index in [-0.39, 0.29) is 10.8 Å². The normalized spacial score (nSPS) is 44.7. The Morgan fingerprint density at radius 2 is 2.00 bits per heavy atom. The summed E-state index contributed by atoms with van der Waals surface area (Å²) in [6.07, 6.45) is 3.01. The minimum atomic E-state index is -2.75. The van der Waals surface area contributed by atoms with E-state index in [1.54, 1.807) is 0 Å². The van der Waals surface area contributed by atoms with Crippen LogP contribution in [0.5, 0.6) is 0 Å². The number of morpholine rings is 1. The number of hydrogen-bond acceptors (Lipinski definition) is 4. The Bertz CT molecular complexity index is 361. The molecule has 15 heavy (non-hydrogen) atoms. The highest BCUT2D eigenvalue weighted by molar-refractivity contribution is 7.93. The molecule has 5 heteroatoms. The molecule has 1 aliphatic carbocycles. The molecule has 0 aromatic rings. The Labute approximate surface area is 90.5 Å². The Balaban J connectivity index is 1.85. The van der Waals surface area contributed by atoms with Crippen molar-refractivity contribution in [2.75, 3.05) is 32.1 Å². The topological polar surface area (TPSA) is 46.6 Å². The summed E-state index contributed by atoms with van der Waals surface area (Å²) in [5.74, 6) is 0.394. The molecule has 3 aliphatic rings. The van der Waals surface area contributed by atoms with Crippen LogP contribution in [0.4, 0.5) is 0 Å². The SMILES string of the molecule is O=S1(=O)C[C@]2(N3CCOCC3)CCC[C@H]21. The lowest BCUT2D eigenvalue weighted by Gasteiger charge is -2.52. The lowest BCUT2D eigenvalue weighted by Crippen LogP contribution is -2.70. The van der Waals surface area contributed by atoms with Crippen molar-refractivity contribution in [3.8, 4) is 0 Å². The highest BCUT2D eigenvalue weighted by Gasteiger charge is 2.63. The molecule has 0 spiro atoms. The second kappa shape index (κ2) is 3.18. The Kier molecular flexibility index (Phi) is 2.13. The van der Waals surface area contributed by atoms with Gasteiger partial charge in [0.2, 0.25) is 0 Å². The van der Waals surface area contributed by atoms with E-state index in [2.05, 4.69) is 4.90 Å².